The first-order valence-corrected chi connectivity index (χ1v) is 33.6. The van der Waals surface area contributed by atoms with Crippen molar-refractivity contribution in [1.29, 1.82) is 0 Å². The van der Waals surface area contributed by atoms with E-state index in [9.17, 15) is 0 Å². The molecule has 16 rings (SSSR count). The monoisotopic (exact) mass is 1190 g/mol. The quantitative estimate of drug-likeness (QED) is 0.155. The molecule has 0 spiro atoms. The molecule has 0 atom stereocenters. The zero-order chi connectivity index (χ0) is 61.4. The van der Waals surface area contributed by atoms with E-state index in [4.69, 9.17) is 4.42 Å². The van der Waals surface area contributed by atoms with Crippen molar-refractivity contribution in [2.24, 2.45) is 0 Å². The Morgan fingerprint density at radius 1 is 0.438 bits per heavy atom. The molecule has 0 saturated heterocycles. The van der Waals surface area contributed by atoms with Crippen molar-refractivity contribution in [2.75, 3.05) is 14.6 Å². The molecule has 0 bridgehead atoms. The molecular formula is C82H76BN3OS2. The smallest absolute Gasteiger partial charge is 0.343 e. The van der Waals surface area contributed by atoms with Crippen molar-refractivity contribution < 1.29 is 4.42 Å². The molecule has 3 aromatic heterocycles. The second-order valence-electron chi connectivity index (χ2n) is 30.0. The normalized spacial score (nSPS) is 15.3. The second-order valence-corrected chi connectivity index (χ2v) is 32.2. The zero-order valence-corrected chi connectivity index (χ0v) is 55.2. The number of thiophene rings is 2. The van der Waals surface area contributed by atoms with Gasteiger partial charge in [0, 0.05) is 85.4 Å². The third-order valence-electron chi connectivity index (χ3n) is 20.2. The Balaban J connectivity index is 1.01. The highest BCUT2D eigenvalue weighted by Gasteiger charge is 2.50. The van der Waals surface area contributed by atoms with Crippen molar-refractivity contribution in [3.8, 4) is 22.3 Å². The van der Waals surface area contributed by atoms with E-state index in [1.807, 2.05) is 22.7 Å². The van der Waals surface area contributed by atoms with Crippen LogP contribution in [0.2, 0.25) is 0 Å². The molecule has 4 nitrogen and oxygen atoms in total. The van der Waals surface area contributed by atoms with Crippen LogP contribution in [0.25, 0.3) is 74.5 Å². The van der Waals surface area contributed by atoms with Crippen molar-refractivity contribution >= 4 is 137 Å². The van der Waals surface area contributed by atoms with Crippen molar-refractivity contribution in [3.05, 3.63) is 228 Å². The fourth-order valence-electron chi connectivity index (χ4n) is 15.0. The van der Waals surface area contributed by atoms with Gasteiger partial charge in [-0.15, -0.1) is 22.7 Å². The Kier molecular flexibility index (Phi) is 12.3. The lowest BCUT2D eigenvalue weighted by atomic mass is 9.46. The fraction of sp³-hybridized carbons (Fsp3) is 0.244. The van der Waals surface area contributed by atoms with E-state index in [2.05, 4.69) is 305 Å². The third-order valence-corrected chi connectivity index (χ3v) is 22.5. The molecule has 440 valence electrons. The molecule has 5 heterocycles. The minimum absolute atomic E-state index is 0.00106. The van der Waals surface area contributed by atoms with Crippen LogP contribution in [0.5, 0.6) is 0 Å². The van der Waals surface area contributed by atoms with Gasteiger partial charge >= 0.3 is 6.85 Å². The van der Waals surface area contributed by atoms with Crippen molar-refractivity contribution in [1.82, 2.24) is 0 Å². The van der Waals surface area contributed by atoms with Gasteiger partial charge in [0.25, 0.3) is 0 Å². The van der Waals surface area contributed by atoms with Crippen LogP contribution in [0.3, 0.4) is 0 Å². The average molecular weight is 1190 g/mol. The lowest BCUT2D eigenvalue weighted by molar-refractivity contribution is 0.332. The van der Waals surface area contributed by atoms with Crippen LogP contribution in [0.1, 0.15) is 131 Å². The summed E-state index contributed by atoms with van der Waals surface area (Å²) in [5.74, 6) is 0. The van der Waals surface area contributed by atoms with E-state index < -0.39 is 0 Å². The number of para-hydroxylation sites is 2. The molecule has 7 heteroatoms. The molecule has 0 amide bonds. The number of nitrogens with zero attached hydrogens (tertiary/aromatic N) is 3. The van der Waals surface area contributed by atoms with Crippen molar-refractivity contribution in [3.63, 3.8) is 0 Å². The SMILES string of the molecule is CC(C)(C)c1ccc(N2B3c4sc5cc6c(cc5c4N(c4ccccc4-c4ccccc4)c4c3c(cc3c4oc4ccccc43)-c3cc4c(cc32)sc2ccc(N(c3ccc(C(C)(C)C)cc3)c3ccc(C(C)(C)C)cc3)cc24)C(C)(C)CCC6(C)C)cc1. The Morgan fingerprint density at radius 3 is 1.64 bits per heavy atom. The van der Waals surface area contributed by atoms with Gasteiger partial charge in [0.15, 0.2) is 5.58 Å². The van der Waals surface area contributed by atoms with Gasteiger partial charge in [0.1, 0.15) is 5.58 Å². The van der Waals surface area contributed by atoms with Gasteiger partial charge in [-0.3, -0.25) is 0 Å². The van der Waals surface area contributed by atoms with Crippen LogP contribution in [0, 0.1) is 0 Å². The van der Waals surface area contributed by atoms with Gasteiger partial charge in [0.2, 0.25) is 0 Å². The first-order valence-electron chi connectivity index (χ1n) is 32.0. The minimum Gasteiger partial charge on any atom is -0.454 e. The highest BCUT2D eigenvalue weighted by molar-refractivity contribution is 7.32. The predicted molar refractivity (Wildman–Crippen MR) is 387 cm³/mol. The molecule has 0 N–H and O–H groups in total. The van der Waals surface area contributed by atoms with E-state index in [1.165, 1.54) is 108 Å². The minimum atomic E-state index is -0.211. The summed E-state index contributed by atoms with van der Waals surface area (Å²) in [4.78, 5) is 7.84. The van der Waals surface area contributed by atoms with Gasteiger partial charge in [0.05, 0.1) is 17.1 Å². The van der Waals surface area contributed by atoms with Crippen LogP contribution in [-0.2, 0) is 27.1 Å². The van der Waals surface area contributed by atoms with Crippen LogP contribution >= 0.6 is 22.7 Å². The lowest BCUT2D eigenvalue weighted by Crippen LogP contribution is -2.60. The molecule has 3 aliphatic rings. The summed E-state index contributed by atoms with van der Waals surface area (Å²) in [6, 6.07) is 76.9. The second kappa shape index (κ2) is 19.6. The highest BCUT2D eigenvalue weighted by Crippen LogP contribution is 2.58. The van der Waals surface area contributed by atoms with E-state index in [-0.39, 0.29) is 33.9 Å². The van der Waals surface area contributed by atoms with Crippen molar-refractivity contribution in [2.45, 2.75) is 130 Å². The molecule has 1 aliphatic carbocycles. The summed E-state index contributed by atoms with van der Waals surface area (Å²) in [6.45, 7) is 30.4. The Bertz CT molecular complexity index is 4970. The standard InChI is InChI=1S/C82H76BN3OS2/c1-78(2,3)50-27-33-53(34-28-50)84(54-35-29-51(30-36-54)79(4,5)6)56-39-40-70-60(43-56)61-44-59-62-45-63-58-24-18-20-26-69(58)87-76(63)75-73(62)83(86(68(59)48-72(61)88-70)55-37-31-52(32-38-55)80(7,8)9)77-74(85(75)67-25-19-17-23-57(67)49-21-15-14-16-22-49)64-46-65-66(47-71(64)89-77)82(12,13)42-41-81(65,10)11/h14-40,43-48H,41-42H2,1-13H3. The van der Waals surface area contributed by atoms with E-state index in [0.29, 0.717) is 0 Å². The largest absolute Gasteiger partial charge is 0.454 e. The zero-order valence-electron chi connectivity index (χ0n) is 53.6. The Labute approximate surface area is 533 Å². The number of benzene rings is 10. The molecule has 0 saturated carbocycles. The number of hydrogen-bond donors (Lipinski definition) is 0. The number of rotatable bonds is 6. The molecule has 10 aromatic carbocycles. The van der Waals surface area contributed by atoms with Crippen LogP contribution in [0.15, 0.2) is 205 Å². The number of furan rings is 1. The van der Waals surface area contributed by atoms with E-state index in [0.717, 1.165) is 63.2 Å². The van der Waals surface area contributed by atoms with E-state index in [1.54, 1.807) is 0 Å². The van der Waals surface area contributed by atoms with Gasteiger partial charge in [-0.05, 0) is 181 Å². The molecule has 0 radical (unpaired) electrons. The number of fused-ring (bicyclic) bond motifs is 14. The van der Waals surface area contributed by atoms with E-state index >= 15 is 0 Å². The maximum Gasteiger partial charge on any atom is 0.343 e. The first-order chi connectivity index (χ1) is 42.5. The van der Waals surface area contributed by atoms with Gasteiger partial charge in [-0.25, -0.2) is 0 Å². The summed E-state index contributed by atoms with van der Waals surface area (Å²) < 4.78 is 12.7. The predicted octanol–water partition coefficient (Wildman–Crippen LogP) is 23.3. The first kappa shape index (κ1) is 55.9. The van der Waals surface area contributed by atoms with Crippen LogP contribution < -0.4 is 24.9 Å². The topological polar surface area (TPSA) is 22.9 Å². The van der Waals surface area contributed by atoms with Gasteiger partial charge in [-0.2, -0.15) is 0 Å². The Hall–Kier alpha value is -8.36. The summed E-state index contributed by atoms with van der Waals surface area (Å²) in [5, 5.41) is 6.04. The third kappa shape index (κ3) is 8.80. The van der Waals surface area contributed by atoms with Crippen LogP contribution in [0.4, 0.5) is 45.5 Å². The molecule has 2 aliphatic heterocycles. The average Bonchev–Trinajstić information content (AvgIpc) is 1.66. The fourth-order valence-corrected chi connectivity index (χ4v) is 17.4. The lowest BCUT2D eigenvalue weighted by Gasteiger charge is -2.45. The molecule has 0 fully saturated rings. The summed E-state index contributed by atoms with van der Waals surface area (Å²) >= 11 is 3.91. The molecule has 89 heavy (non-hydrogen) atoms. The summed E-state index contributed by atoms with van der Waals surface area (Å²) in [5.41, 5.74) is 24.1. The molecular weight excluding hydrogens is 1120 g/mol. The summed E-state index contributed by atoms with van der Waals surface area (Å²) in [7, 11) is 0. The Morgan fingerprint density at radius 2 is 0.989 bits per heavy atom. The number of hydrogen-bond acceptors (Lipinski definition) is 6. The summed E-state index contributed by atoms with van der Waals surface area (Å²) in [6.07, 6.45) is 2.29. The molecule has 0 unspecified atom stereocenters. The molecule has 13 aromatic rings. The number of anilines is 8. The van der Waals surface area contributed by atoms with Gasteiger partial charge < -0.3 is 19.0 Å². The van der Waals surface area contributed by atoms with Crippen LogP contribution in [-0.4, -0.2) is 6.85 Å². The van der Waals surface area contributed by atoms with Gasteiger partial charge in [-0.1, -0.05) is 193 Å². The maximum absolute atomic E-state index is 7.47. The highest BCUT2D eigenvalue weighted by atomic mass is 32.1. The maximum atomic E-state index is 7.47.